The highest BCUT2D eigenvalue weighted by molar-refractivity contribution is 7.99. The van der Waals surface area contributed by atoms with Gasteiger partial charge in [-0.15, -0.1) is 10.2 Å². The van der Waals surface area contributed by atoms with Gasteiger partial charge in [0.25, 0.3) is 5.22 Å². The lowest BCUT2D eigenvalue weighted by atomic mass is 10.2. The van der Waals surface area contributed by atoms with Gasteiger partial charge in [-0.25, -0.2) is 0 Å². The molecule has 8 nitrogen and oxygen atoms in total. The Morgan fingerprint density at radius 3 is 2.54 bits per heavy atom. The van der Waals surface area contributed by atoms with Crippen molar-refractivity contribution in [3.8, 4) is 11.5 Å². The zero-order valence-electron chi connectivity index (χ0n) is 13.5. The number of hydrogen-bond acceptors (Lipinski definition) is 9. The number of thioether (sulfide) groups is 1. The molecule has 0 aliphatic carbocycles. The summed E-state index contributed by atoms with van der Waals surface area (Å²) in [6, 6.07) is 9.62. The number of hydrogen-bond donors (Lipinski definition) is 1. The Hall–Kier alpha value is -2.68. The van der Waals surface area contributed by atoms with E-state index < -0.39 is 0 Å². The second-order valence-corrected chi connectivity index (χ2v) is 6.54. The molecule has 0 aliphatic heterocycles. The fourth-order valence-electron chi connectivity index (χ4n) is 1.94. The van der Waals surface area contributed by atoms with Gasteiger partial charge >= 0.3 is 0 Å². The van der Waals surface area contributed by atoms with Crippen molar-refractivity contribution in [2.45, 2.75) is 17.4 Å². The second kappa shape index (κ2) is 6.83. The molecule has 0 aliphatic rings. The summed E-state index contributed by atoms with van der Waals surface area (Å²) in [6.45, 7) is 1.95. The van der Waals surface area contributed by atoms with E-state index in [0.717, 1.165) is 5.56 Å². The molecule has 0 saturated carbocycles. The van der Waals surface area contributed by atoms with Gasteiger partial charge in [0, 0.05) is 19.7 Å². The molecule has 1 aromatic carbocycles. The Kier molecular flexibility index (Phi) is 4.61. The molecule has 24 heavy (non-hydrogen) atoms. The van der Waals surface area contributed by atoms with Gasteiger partial charge in [-0.05, 0) is 19.1 Å². The molecule has 3 aromatic rings. The average molecular weight is 343 g/mol. The lowest BCUT2D eigenvalue weighted by Gasteiger charge is -2.13. The Morgan fingerprint density at radius 2 is 1.83 bits per heavy atom. The molecule has 2 aromatic heterocycles. The third-order valence-corrected chi connectivity index (χ3v) is 4.06. The van der Waals surface area contributed by atoms with Crippen molar-refractivity contribution in [2.24, 2.45) is 0 Å². The molecule has 9 heteroatoms. The van der Waals surface area contributed by atoms with Crippen LogP contribution in [-0.2, 0) is 0 Å². The lowest BCUT2D eigenvalue weighted by molar-refractivity contribution is 0.465. The fourth-order valence-corrected chi connectivity index (χ4v) is 2.67. The van der Waals surface area contributed by atoms with Crippen LogP contribution in [0.5, 0.6) is 0 Å². The minimum atomic E-state index is -0.113. The fraction of sp³-hybridized carbons (Fsp3) is 0.267. The summed E-state index contributed by atoms with van der Waals surface area (Å²) in [5.41, 5.74) is 6.64. The molecule has 124 valence electrons. The molecule has 0 spiro atoms. The first kappa shape index (κ1) is 16.2. The molecule has 0 saturated heterocycles. The molecular formula is C15H17N7OS. The average Bonchev–Trinajstić information content (AvgIpc) is 3.03. The van der Waals surface area contributed by atoms with Crippen LogP contribution in [0.3, 0.4) is 0 Å². The Balaban J connectivity index is 1.78. The second-order valence-electron chi connectivity index (χ2n) is 5.25. The quantitative estimate of drug-likeness (QED) is 0.699. The SMILES string of the molecule is CC(Sc1nnc(-c2ccccc2)o1)c1nc(N)nc(N(C)C)n1. The number of rotatable bonds is 5. The predicted molar refractivity (Wildman–Crippen MR) is 92.6 cm³/mol. The lowest BCUT2D eigenvalue weighted by Crippen LogP contribution is -2.16. The first-order valence-corrected chi connectivity index (χ1v) is 8.15. The smallest absolute Gasteiger partial charge is 0.277 e. The van der Waals surface area contributed by atoms with Crippen LogP contribution in [0.15, 0.2) is 40.0 Å². The molecule has 0 radical (unpaired) electrons. The minimum absolute atomic E-state index is 0.113. The number of benzene rings is 1. The van der Waals surface area contributed by atoms with Gasteiger partial charge in [-0.3, -0.25) is 0 Å². The molecule has 1 atom stereocenters. The van der Waals surface area contributed by atoms with Gasteiger partial charge in [0.05, 0.1) is 5.25 Å². The van der Waals surface area contributed by atoms with Crippen molar-refractivity contribution < 1.29 is 4.42 Å². The number of nitrogens with zero attached hydrogens (tertiary/aromatic N) is 6. The Labute approximate surface area is 143 Å². The van der Waals surface area contributed by atoms with Crippen molar-refractivity contribution in [1.29, 1.82) is 0 Å². The molecule has 2 N–H and O–H groups in total. The van der Waals surface area contributed by atoms with Gasteiger partial charge in [0.1, 0.15) is 5.82 Å². The summed E-state index contributed by atoms with van der Waals surface area (Å²) in [5.74, 6) is 1.75. The van der Waals surface area contributed by atoms with Crippen LogP contribution in [0.1, 0.15) is 18.0 Å². The van der Waals surface area contributed by atoms with Crippen LogP contribution < -0.4 is 10.6 Å². The number of nitrogens with two attached hydrogens (primary N) is 1. The summed E-state index contributed by atoms with van der Waals surface area (Å²) in [4.78, 5) is 14.5. The highest BCUT2D eigenvalue weighted by atomic mass is 32.2. The molecule has 0 amide bonds. The first-order valence-electron chi connectivity index (χ1n) is 7.27. The van der Waals surface area contributed by atoms with Gasteiger partial charge in [0.2, 0.25) is 17.8 Å². The van der Waals surface area contributed by atoms with E-state index in [9.17, 15) is 0 Å². The summed E-state index contributed by atoms with van der Waals surface area (Å²) >= 11 is 1.37. The Morgan fingerprint density at radius 1 is 1.08 bits per heavy atom. The summed E-state index contributed by atoms with van der Waals surface area (Å²) in [5, 5.41) is 8.48. The number of anilines is 2. The maximum Gasteiger partial charge on any atom is 0.277 e. The van der Waals surface area contributed by atoms with E-state index in [2.05, 4.69) is 25.1 Å². The van der Waals surface area contributed by atoms with Crippen molar-refractivity contribution >= 4 is 23.7 Å². The largest absolute Gasteiger partial charge is 0.411 e. The highest BCUT2D eigenvalue weighted by Crippen LogP contribution is 2.34. The first-order chi connectivity index (χ1) is 11.5. The predicted octanol–water partition coefficient (Wildman–Crippen LogP) is 2.42. The summed E-state index contributed by atoms with van der Waals surface area (Å²) < 4.78 is 5.70. The number of aromatic nitrogens is 5. The Bertz CT molecular complexity index is 822. The van der Waals surface area contributed by atoms with E-state index >= 15 is 0 Å². The van der Waals surface area contributed by atoms with Crippen molar-refractivity contribution in [3.63, 3.8) is 0 Å². The van der Waals surface area contributed by atoms with Gasteiger partial charge < -0.3 is 15.1 Å². The van der Waals surface area contributed by atoms with E-state index in [0.29, 0.717) is 22.9 Å². The van der Waals surface area contributed by atoms with E-state index in [1.807, 2.05) is 51.4 Å². The molecule has 1 unspecified atom stereocenters. The van der Waals surface area contributed by atoms with Gasteiger partial charge in [-0.2, -0.15) is 15.0 Å². The van der Waals surface area contributed by atoms with E-state index in [-0.39, 0.29) is 11.2 Å². The van der Waals surface area contributed by atoms with Crippen LogP contribution in [0, 0.1) is 0 Å². The third-order valence-electron chi connectivity index (χ3n) is 3.13. The van der Waals surface area contributed by atoms with Crippen LogP contribution in [0.2, 0.25) is 0 Å². The molecule has 3 rings (SSSR count). The zero-order valence-corrected chi connectivity index (χ0v) is 14.4. The highest BCUT2D eigenvalue weighted by Gasteiger charge is 2.18. The monoisotopic (exact) mass is 343 g/mol. The van der Waals surface area contributed by atoms with Crippen LogP contribution in [0.25, 0.3) is 11.5 Å². The molecular weight excluding hydrogens is 326 g/mol. The topological polar surface area (TPSA) is 107 Å². The summed E-state index contributed by atoms with van der Waals surface area (Å²) in [6.07, 6.45) is 0. The summed E-state index contributed by atoms with van der Waals surface area (Å²) in [7, 11) is 3.70. The zero-order chi connectivity index (χ0) is 17.1. The normalized spacial score (nSPS) is 12.1. The minimum Gasteiger partial charge on any atom is -0.411 e. The standard InChI is InChI=1S/C15H17N7OS/c1-9(11-17-13(16)19-14(18-11)22(2)3)24-15-21-20-12(23-15)10-7-5-4-6-8-10/h4-9H,1-3H3,(H2,16,17,18,19). The van der Waals surface area contributed by atoms with Gasteiger partial charge in [0.15, 0.2) is 0 Å². The van der Waals surface area contributed by atoms with Crippen LogP contribution in [0.4, 0.5) is 11.9 Å². The van der Waals surface area contributed by atoms with E-state index in [1.165, 1.54) is 11.8 Å². The maximum absolute atomic E-state index is 5.76. The van der Waals surface area contributed by atoms with E-state index in [4.69, 9.17) is 10.2 Å². The van der Waals surface area contributed by atoms with Crippen molar-refractivity contribution in [3.05, 3.63) is 36.2 Å². The van der Waals surface area contributed by atoms with Gasteiger partial charge in [-0.1, -0.05) is 30.0 Å². The molecule has 0 bridgehead atoms. The van der Waals surface area contributed by atoms with E-state index in [1.54, 1.807) is 4.90 Å². The van der Waals surface area contributed by atoms with Crippen LogP contribution in [-0.4, -0.2) is 39.2 Å². The van der Waals surface area contributed by atoms with Crippen molar-refractivity contribution in [1.82, 2.24) is 25.1 Å². The van der Waals surface area contributed by atoms with Crippen molar-refractivity contribution in [2.75, 3.05) is 24.7 Å². The number of nitrogen functional groups attached to an aromatic ring is 1. The molecule has 0 fully saturated rings. The maximum atomic E-state index is 5.76. The van der Waals surface area contributed by atoms with Crippen LogP contribution >= 0.6 is 11.8 Å². The molecule has 2 heterocycles. The third kappa shape index (κ3) is 3.62.